The number of hydrogen-bond acceptors (Lipinski definition) is 3. The summed E-state index contributed by atoms with van der Waals surface area (Å²) in [5.74, 6) is -1.33. The molecular formula is C24H20F3NO3. The maximum Gasteiger partial charge on any atom is 0.416 e. The van der Waals surface area contributed by atoms with Crippen molar-refractivity contribution in [3.05, 3.63) is 90.0 Å². The minimum atomic E-state index is -4.52. The maximum absolute atomic E-state index is 12.8. The van der Waals surface area contributed by atoms with Crippen molar-refractivity contribution in [3.63, 3.8) is 0 Å². The molecule has 3 aromatic rings. The van der Waals surface area contributed by atoms with Crippen LogP contribution in [0.4, 0.5) is 18.9 Å². The number of carbonyl (C=O) groups is 2. The van der Waals surface area contributed by atoms with Crippen LogP contribution in [0.3, 0.4) is 0 Å². The van der Waals surface area contributed by atoms with Crippen molar-refractivity contribution in [1.29, 1.82) is 0 Å². The molecule has 0 unspecified atom stereocenters. The SMILES string of the molecule is C[C@@H](OC(=O)Cc1ccc(-c2ccccc2)cc1)C(=O)Nc1cccc(C(F)(F)F)c1. The quantitative estimate of drug-likeness (QED) is 0.530. The van der Waals surface area contributed by atoms with Gasteiger partial charge in [-0.3, -0.25) is 9.59 Å². The molecule has 1 atom stereocenters. The van der Waals surface area contributed by atoms with Gasteiger partial charge >= 0.3 is 12.1 Å². The van der Waals surface area contributed by atoms with E-state index in [-0.39, 0.29) is 12.1 Å². The molecule has 1 amide bonds. The fraction of sp³-hybridized carbons (Fsp3) is 0.167. The zero-order valence-corrected chi connectivity index (χ0v) is 16.6. The van der Waals surface area contributed by atoms with Gasteiger partial charge in [-0.25, -0.2) is 0 Å². The average Bonchev–Trinajstić information content (AvgIpc) is 2.74. The number of amides is 1. The molecule has 0 spiro atoms. The van der Waals surface area contributed by atoms with E-state index >= 15 is 0 Å². The molecule has 4 nitrogen and oxygen atoms in total. The van der Waals surface area contributed by atoms with Crippen LogP contribution in [0.5, 0.6) is 0 Å². The Hall–Kier alpha value is -3.61. The van der Waals surface area contributed by atoms with Gasteiger partial charge in [0.15, 0.2) is 6.10 Å². The first-order valence-corrected chi connectivity index (χ1v) is 9.54. The lowest BCUT2D eigenvalue weighted by Crippen LogP contribution is -2.30. The summed E-state index contributed by atoms with van der Waals surface area (Å²) < 4.78 is 43.5. The van der Waals surface area contributed by atoms with E-state index in [0.717, 1.165) is 28.8 Å². The van der Waals surface area contributed by atoms with Crippen molar-refractivity contribution in [2.24, 2.45) is 0 Å². The highest BCUT2D eigenvalue weighted by Gasteiger charge is 2.30. The van der Waals surface area contributed by atoms with Crippen molar-refractivity contribution in [2.45, 2.75) is 25.6 Å². The molecule has 0 bridgehead atoms. The third-order valence-corrected chi connectivity index (χ3v) is 4.54. The molecule has 0 heterocycles. The largest absolute Gasteiger partial charge is 0.452 e. The summed E-state index contributed by atoms with van der Waals surface area (Å²) in [6.07, 6.45) is -5.71. The number of ether oxygens (including phenoxy) is 1. The van der Waals surface area contributed by atoms with Gasteiger partial charge in [0.2, 0.25) is 0 Å². The molecule has 31 heavy (non-hydrogen) atoms. The summed E-state index contributed by atoms with van der Waals surface area (Å²) in [6, 6.07) is 21.4. The molecule has 3 rings (SSSR count). The fourth-order valence-electron chi connectivity index (χ4n) is 2.92. The molecule has 3 aromatic carbocycles. The van der Waals surface area contributed by atoms with E-state index in [1.807, 2.05) is 42.5 Å². The molecule has 0 radical (unpaired) electrons. The summed E-state index contributed by atoms with van der Waals surface area (Å²) in [6.45, 7) is 1.36. The van der Waals surface area contributed by atoms with Gasteiger partial charge in [0.25, 0.3) is 5.91 Å². The number of benzene rings is 3. The molecule has 0 aliphatic heterocycles. The molecule has 0 aromatic heterocycles. The second-order valence-electron chi connectivity index (χ2n) is 6.94. The van der Waals surface area contributed by atoms with Gasteiger partial charge in [0, 0.05) is 5.69 Å². The van der Waals surface area contributed by atoms with E-state index in [1.54, 1.807) is 12.1 Å². The van der Waals surface area contributed by atoms with Crippen molar-refractivity contribution in [2.75, 3.05) is 5.32 Å². The highest BCUT2D eigenvalue weighted by Crippen LogP contribution is 2.30. The lowest BCUT2D eigenvalue weighted by molar-refractivity contribution is -0.152. The molecule has 0 saturated heterocycles. The van der Waals surface area contributed by atoms with Gasteiger partial charge in [-0.05, 0) is 41.8 Å². The second-order valence-corrected chi connectivity index (χ2v) is 6.94. The zero-order chi connectivity index (χ0) is 22.4. The number of hydrogen-bond donors (Lipinski definition) is 1. The molecule has 0 fully saturated rings. The monoisotopic (exact) mass is 427 g/mol. The lowest BCUT2D eigenvalue weighted by atomic mass is 10.0. The Morgan fingerprint density at radius 2 is 1.55 bits per heavy atom. The highest BCUT2D eigenvalue weighted by atomic mass is 19.4. The Balaban J connectivity index is 1.55. The summed E-state index contributed by atoms with van der Waals surface area (Å²) in [5.41, 5.74) is 1.87. The van der Waals surface area contributed by atoms with Crippen molar-refractivity contribution < 1.29 is 27.5 Å². The van der Waals surface area contributed by atoms with Gasteiger partial charge in [-0.15, -0.1) is 0 Å². The molecular weight excluding hydrogens is 407 g/mol. The van der Waals surface area contributed by atoms with Crippen LogP contribution in [0, 0.1) is 0 Å². The Labute approximate surface area is 177 Å². The van der Waals surface area contributed by atoms with E-state index in [9.17, 15) is 22.8 Å². The summed E-state index contributed by atoms with van der Waals surface area (Å²) >= 11 is 0. The molecule has 0 aliphatic rings. The molecule has 7 heteroatoms. The van der Waals surface area contributed by atoms with Gasteiger partial charge in [0.05, 0.1) is 12.0 Å². The topological polar surface area (TPSA) is 55.4 Å². The Kier molecular flexibility index (Phi) is 6.74. The number of alkyl halides is 3. The number of halogens is 3. The standard InChI is InChI=1S/C24H20F3NO3/c1-16(23(30)28-21-9-5-8-20(15-21)24(25,26)27)31-22(29)14-17-10-12-19(13-11-17)18-6-3-2-4-7-18/h2-13,15-16H,14H2,1H3,(H,28,30)/t16-/m1/s1. The Bertz CT molecular complexity index is 1050. The molecule has 160 valence electrons. The van der Waals surface area contributed by atoms with E-state index in [0.29, 0.717) is 0 Å². The third kappa shape index (κ3) is 6.18. The Morgan fingerprint density at radius 1 is 0.903 bits per heavy atom. The van der Waals surface area contributed by atoms with Crippen molar-refractivity contribution in [1.82, 2.24) is 0 Å². The minimum absolute atomic E-state index is 0.0285. The van der Waals surface area contributed by atoms with Crippen LogP contribution < -0.4 is 5.32 Å². The van der Waals surface area contributed by atoms with Crippen LogP contribution in [-0.4, -0.2) is 18.0 Å². The Morgan fingerprint density at radius 3 is 2.19 bits per heavy atom. The molecule has 1 N–H and O–H groups in total. The number of anilines is 1. The first kappa shape index (κ1) is 22.1. The summed E-state index contributed by atoms with van der Waals surface area (Å²) in [4.78, 5) is 24.4. The normalized spacial score (nSPS) is 12.1. The van der Waals surface area contributed by atoms with E-state index < -0.39 is 29.7 Å². The van der Waals surface area contributed by atoms with Crippen LogP contribution in [-0.2, 0) is 26.9 Å². The fourth-order valence-corrected chi connectivity index (χ4v) is 2.92. The predicted octanol–water partition coefficient (Wildman–Crippen LogP) is 5.49. The average molecular weight is 427 g/mol. The van der Waals surface area contributed by atoms with E-state index in [1.165, 1.54) is 19.1 Å². The number of carbonyl (C=O) groups excluding carboxylic acids is 2. The number of esters is 1. The summed E-state index contributed by atoms with van der Waals surface area (Å²) in [7, 11) is 0. The van der Waals surface area contributed by atoms with E-state index in [4.69, 9.17) is 4.74 Å². The van der Waals surface area contributed by atoms with Gasteiger partial charge in [-0.1, -0.05) is 60.7 Å². The zero-order valence-electron chi connectivity index (χ0n) is 16.6. The minimum Gasteiger partial charge on any atom is -0.452 e. The van der Waals surface area contributed by atoms with Crippen molar-refractivity contribution >= 4 is 17.6 Å². The first-order valence-electron chi connectivity index (χ1n) is 9.54. The van der Waals surface area contributed by atoms with Crippen LogP contribution in [0.2, 0.25) is 0 Å². The van der Waals surface area contributed by atoms with Crippen LogP contribution in [0.15, 0.2) is 78.9 Å². The third-order valence-electron chi connectivity index (χ3n) is 4.54. The van der Waals surface area contributed by atoms with Crippen LogP contribution >= 0.6 is 0 Å². The first-order chi connectivity index (χ1) is 14.7. The van der Waals surface area contributed by atoms with Gasteiger partial charge in [0.1, 0.15) is 0 Å². The second kappa shape index (κ2) is 9.47. The number of rotatable bonds is 6. The lowest BCUT2D eigenvalue weighted by Gasteiger charge is -2.15. The smallest absolute Gasteiger partial charge is 0.416 e. The van der Waals surface area contributed by atoms with E-state index in [2.05, 4.69) is 5.32 Å². The highest BCUT2D eigenvalue weighted by molar-refractivity contribution is 5.95. The maximum atomic E-state index is 12.8. The van der Waals surface area contributed by atoms with Gasteiger partial charge < -0.3 is 10.1 Å². The molecule has 0 saturated carbocycles. The molecule has 0 aliphatic carbocycles. The van der Waals surface area contributed by atoms with Gasteiger partial charge in [-0.2, -0.15) is 13.2 Å². The van der Waals surface area contributed by atoms with Crippen LogP contribution in [0.1, 0.15) is 18.1 Å². The van der Waals surface area contributed by atoms with Crippen molar-refractivity contribution in [3.8, 4) is 11.1 Å². The summed E-state index contributed by atoms with van der Waals surface area (Å²) in [5, 5.41) is 2.33. The number of nitrogens with one attached hydrogen (secondary N) is 1. The van der Waals surface area contributed by atoms with Crippen LogP contribution in [0.25, 0.3) is 11.1 Å². The predicted molar refractivity (Wildman–Crippen MR) is 111 cm³/mol.